The summed E-state index contributed by atoms with van der Waals surface area (Å²) in [5.74, 6) is -0.148. The fourth-order valence-corrected chi connectivity index (χ4v) is 4.91. The average Bonchev–Trinajstić information content (AvgIpc) is 3.35. The SMILES string of the molecule is C[C@@H](Oc1cc(-c2cnc3ccc(C(O)C(F)(F)F)cn23)sc1CC(N)=O)c1ccccc1Cl. The fourth-order valence-electron chi connectivity index (χ4n) is 3.51. The number of benzene rings is 1. The lowest BCUT2D eigenvalue weighted by atomic mass is 10.1. The number of thiophene rings is 1. The lowest BCUT2D eigenvalue weighted by Crippen LogP contribution is -2.20. The van der Waals surface area contributed by atoms with Crippen molar-refractivity contribution in [3.05, 3.63) is 75.9 Å². The molecule has 0 saturated carbocycles. The number of ether oxygens (including phenoxy) is 1. The van der Waals surface area contributed by atoms with Gasteiger partial charge in [0.15, 0.2) is 6.10 Å². The average molecular weight is 510 g/mol. The Morgan fingerprint density at radius 1 is 1.29 bits per heavy atom. The van der Waals surface area contributed by atoms with Gasteiger partial charge >= 0.3 is 6.18 Å². The van der Waals surface area contributed by atoms with Gasteiger partial charge in [-0.3, -0.25) is 9.20 Å². The molecule has 0 fully saturated rings. The third-order valence-corrected chi connectivity index (χ3v) is 6.64. The monoisotopic (exact) mass is 509 g/mol. The van der Waals surface area contributed by atoms with Crippen LogP contribution in [0.5, 0.6) is 5.75 Å². The predicted molar refractivity (Wildman–Crippen MR) is 123 cm³/mol. The van der Waals surface area contributed by atoms with Crippen LogP contribution in [0.1, 0.15) is 35.1 Å². The number of fused-ring (bicyclic) bond motifs is 1. The van der Waals surface area contributed by atoms with Gasteiger partial charge in [-0.05, 0) is 19.1 Å². The van der Waals surface area contributed by atoms with Crippen LogP contribution in [0.3, 0.4) is 0 Å². The van der Waals surface area contributed by atoms with Gasteiger partial charge < -0.3 is 15.6 Å². The van der Waals surface area contributed by atoms with E-state index in [9.17, 15) is 23.1 Å². The minimum atomic E-state index is -4.80. The number of primary amides is 1. The maximum Gasteiger partial charge on any atom is 0.418 e. The third-order valence-electron chi connectivity index (χ3n) is 5.16. The van der Waals surface area contributed by atoms with Crippen LogP contribution >= 0.6 is 22.9 Å². The van der Waals surface area contributed by atoms with E-state index in [1.807, 2.05) is 19.1 Å². The topological polar surface area (TPSA) is 89.8 Å². The first kappa shape index (κ1) is 24.1. The van der Waals surface area contributed by atoms with Crippen LogP contribution in [0.25, 0.3) is 16.2 Å². The zero-order chi connectivity index (χ0) is 24.6. The molecule has 0 aliphatic rings. The normalized spacial score (nSPS) is 13.7. The Labute approximate surface area is 201 Å². The Hall–Kier alpha value is -3.08. The molecule has 34 heavy (non-hydrogen) atoms. The molecule has 3 N–H and O–H groups in total. The van der Waals surface area contributed by atoms with Crippen molar-refractivity contribution in [2.45, 2.75) is 31.7 Å². The summed E-state index contributed by atoms with van der Waals surface area (Å²) in [5.41, 5.74) is 6.71. The number of aromatic nitrogens is 2. The Bertz CT molecular complexity index is 1350. The van der Waals surface area contributed by atoms with Gasteiger partial charge in [0.2, 0.25) is 5.91 Å². The summed E-state index contributed by atoms with van der Waals surface area (Å²) < 4.78 is 46.6. The Morgan fingerprint density at radius 2 is 2.03 bits per heavy atom. The highest BCUT2D eigenvalue weighted by atomic mass is 35.5. The van der Waals surface area contributed by atoms with Gasteiger partial charge in [-0.2, -0.15) is 13.2 Å². The number of nitrogens with two attached hydrogens (primary N) is 1. The van der Waals surface area contributed by atoms with E-state index in [1.54, 1.807) is 18.2 Å². The largest absolute Gasteiger partial charge is 0.485 e. The molecule has 3 aromatic heterocycles. The number of hydrogen-bond acceptors (Lipinski definition) is 5. The van der Waals surface area contributed by atoms with E-state index >= 15 is 0 Å². The number of halogens is 4. The molecule has 4 rings (SSSR count). The highest BCUT2D eigenvalue weighted by molar-refractivity contribution is 7.15. The molecule has 0 saturated heterocycles. The maximum absolute atomic E-state index is 13.0. The van der Waals surface area contributed by atoms with Crippen molar-refractivity contribution < 1.29 is 27.8 Å². The van der Waals surface area contributed by atoms with Gasteiger partial charge in [-0.25, -0.2) is 4.98 Å². The summed E-state index contributed by atoms with van der Waals surface area (Å²) in [7, 11) is 0. The van der Waals surface area contributed by atoms with E-state index in [-0.39, 0.29) is 12.0 Å². The van der Waals surface area contributed by atoms with Crippen molar-refractivity contribution >= 4 is 34.5 Å². The van der Waals surface area contributed by atoms with Crippen LogP contribution in [0.4, 0.5) is 13.2 Å². The Kier molecular flexibility index (Phi) is 6.57. The van der Waals surface area contributed by atoms with Crippen molar-refractivity contribution in [1.29, 1.82) is 0 Å². The molecule has 0 aliphatic carbocycles. The number of rotatable bonds is 7. The van der Waals surface area contributed by atoms with Crippen LogP contribution < -0.4 is 10.5 Å². The number of hydrogen-bond donors (Lipinski definition) is 2. The van der Waals surface area contributed by atoms with Gasteiger partial charge in [0.25, 0.3) is 0 Å². The van der Waals surface area contributed by atoms with E-state index in [1.165, 1.54) is 40.3 Å². The zero-order valence-electron chi connectivity index (χ0n) is 17.7. The zero-order valence-corrected chi connectivity index (χ0v) is 19.3. The summed E-state index contributed by atoms with van der Waals surface area (Å²) in [5, 5.41) is 10.2. The van der Waals surface area contributed by atoms with Crippen LogP contribution in [0, 0.1) is 0 Å². The molecule has 0 bridgehead atoms. The smallest absolute Gasteiger partial charge is 0.418 e. The minimum absolute atomic E-state index is 0.0793. The van der Waals surface area contributed by atoms with Crippen LogP contribution in [-0.4, -0.2) is 26.6 Å². The van der Waals surface area contributed by atoms with E-state index in [0.29, 0.717) is 31.9 Å². The van der Waals surface area contributed by atoms with Crippen molar-refractivity contribution in [3.8, 4) is 16.3 Å². The minimum Gasteiger partial charge on any atom is -0.485 e. The summed E-state index contributed by atoms with van der Waals surface area (Å²) in [4.78, 5) is 17.0. The summed E-state index contributed by atoms with van der Waals surface area (Å²) in [6, 6.07) is 11.5. The number of aliphatic hydroxyl groups is 1. The second-order valence-corrected chi connectivity index (χ2v) is 9.14. The number of aliphatic hydroxyl groups excluding tert-OH is 1. The number of imidazole rings is 1. The van der Waals surface area contributed by atoms with Crippen molar-refractivity contribution in [1.82, 2.24) is 9.38 Å². The second-order valence-electron chi connectivity index (χ2n) is 7.60. The molecule has 1 amide bonds. The first-order valence-corrected chi connectivity index (χ1v) is 11.3. The number of amides is 1. The summed E-state index contributed by atoms with van der Waals surface area (Å²) in [6.07, 6.45) is -5.27. The van der Waals surface area contributed by atoms with Crippen LogP contribution in [-0.2, 0) is 11.2 Å². The molecule has 0 aliphatic heterocycles. The van der Waals surface area contributed by atoms with Gasteiger partial charge in [0.05, 0.1) is 28.1 Å². The van der Waals surface area contributed by atoms with Crippen molar-refractivity contribution in [2.24, 2.45) is 5.73 Å². The van der Waals surface area contributed by atoms with Crippen LogP contribution in [0.2, 0.25) is 5.02 Å². The van der Waals surface area contributed by atoms with Gasteiger partial charge in [-0.1, -0.05) is 35.9 Å². The molecule has 178 valence electrons. The van der Waals surface area contributed by atoms with E-state index in [0.717, 1.165) is 5.56 Å². The lowest BCUT2D eigenvalue weighted by molar-refractivity contribution is -0.206. The molecule has 1 unspecified atom stereocenters. The predicted octanol–water partition coefficient (Wildman–Crippen LogP) is 5.48. The number of carbonyl (C=O) groups is 1. The molecule has 3 heterocycles. The number of nitrogens with zero attached hydrogens (tertiary/aromatic N) is 2. The first-order chi connectivity index (χ1) is 16.0. The summed E-state index contributed by atoms with van der Waals surface area (Å²) in [6.45, 7) is 1.81. The van der Waals surface area contributed by atoms with Gasteiger partial charge in [-0.15, -0.1) is 11.3 Å². The van der Waals surface area contributed by atoms with E-state index in [4.69, 9.17) is 22.1 Å². The molecule has 11 heteroatoms. The fraction of sp³-hybridized carbons (Fsp3) is 0.217. The highest BCUT2D eigenvalue weighted by Gasteiger charge is 2.39. The molecule has 6 nitrogen and oxygen atoms in total. The number of pyridine rings is 1. The second kappa shape index (κ2) is 9.28. The third kappa shape index (κ3) is 4.89. The van der Waals surface area contributed by atoms with E-state index < -0.39 is 24.3 Å². The quantitative estimate of drug-likeness (QED) is 0.345. The van der Waals surface area contributed by atoms with Crippen LogP contribution in [0.15, 0.2) is 54.9 Å². The van der Waals surface area contributed by atoms with Crippen molar-refractivity contribution in [3.63, 3.8) is 0 Å². The molecule has 0 radical (unpaired) electrons. The first-order valence-electron chi connectivity index (χ1n) is 10.1. The molecular weight excluding hydrogens is 491 g/mol. The van der Waals surface area contributed by atoms with Crippen molar-refractivity contribution in [2.75, 3.05) is 0 Å². The summed E-state index contributed by atoms with van der Waals surface area (Å²) >= 11 is 7.49. The molecule has 2 atom stereocenters. The molecule has 0 spiro atoms. The molecule has 1 aromatic carbocycles. The Balaban J connectivity index is 1.74. The van der Waals surface area contributed by atoms with Gasteiger partial charge in [0.1, 0.15) is 17.5 Å². The maximum atomic E-state index is 13.0. The van der Waals surface area contributed by atoms with Gasteiger partial charge in [0, 0.05) is 28.4 Å². The molecule has 4 aromatic rings. The number of alkyl halides is 3. The molecular formula is C23H19ClF3N3O3S. The Morgan fingerprint density at radius 3 is 2.71 bits per heavy atom. The standard InChI is InChI=1S/C23H19ClF3N3O3S/c1-12(14-4-2-3-5-15(14)24)33-17-8-18(34-19(17)9-20(28)31)16-10-29-21-7-6-13(11-30(16)21)22(32)23(25,26)27/h2-8,10-12,22,32H,9H2,1H3,(H2,28,31)/t12-,22?/m1/s1. The lowest BCUT2D eigenvalue weighted by Gasteiger charge is -2.16. The highest BCUT2D eigenvalue weighted by Crippen LogP contribution is 2.40. The van der Waals surface area contributed by atoms with E-state index in [2.05, 4.69) is 4.98 Å². The number of carbonyl (C=O) groups excluding carboxylic acids is 1.